The molecular weight excluding hydrogens is 665 g/mol. The van der Waals surface area contributed by atoms with Crippen molar-refractivity contribution in [3.63, 3.8) is 0 Å². The average Bonchev–Trinajstić information content (AvgIpc) is 3.63. The molecule has 0 saturated carbocycles. The zero-order chi connectivity index (χ0) is 35.3. The molecule has 0 unspecified atom stereocenters. The summed E-state index contributed by atoms with van der Waals surface area (Å²) in [5.74, 6) is -1.81. The number of aliphatic hydroxyl groups is 1. The number of benzene rings is 4. The van der Waals surface area contributed by atoms with Crippen molar-refractivity contribution in [2.75, 3.05) is 12.3 Å². The SMILES string of the molecule is C[C@H]1[C@@H](CSc2ccccc2)O[C@@H](c2ccc(-c3ccccc3CNC(=O)[C@@H]3CCCN3C(=O)C(F)(F)F)cc2)O[C@H]1c1ccc(CO)cc1. The zero-order valence-electron chi connectivity index (χ0n) is 27.5. The molecule has 5 atom stereocenters. The molecular formula is C39H39F3N2O5S. The number of ether oxygens (including phenoxy) is 2. The van der Waals surface area contributed by atoms with Crippen LogP contribution in [0.25, 0.3) is 11.1 Å². The van der Waals surface area contributed by atoms with Crippen LogP contribution in [0.1, 0.15) is 54.4 Å². The lowest BCUT2D eigenvalue weighted by molar-refractivity contribution is -0.268. The Morgan fingerprint density at radius 3 is 2.28 bits per heavy atom. The van der Waals surface area contributed by atoms with E-state index in [0.717, 1.165) is 44.0 Å². The summed E-state index contributed by atoms with van der Waals surface area (Å²) in [7, 11) is 0. The maximum Gasteiger partial charge on any atom is 0.471 e. The molecule has 6 rings (SSSR count). The number of hydrogen-bond acceptors (Lipinski definition) is 6. The van der Waals surface area contributed by atoms with Gasteiger partial charge in [-0.25, -0.2) is 0 Å². The van der Waals surface area contributed by atoms with E-state index in [9.17, 15) is 27.9 Å². The van der Waals surface area contributed by atoms with Gasteiger partial charge in [-0.2, -0.15) is 13.2 Å². The minimum Gasteiger partial charge on any atom is -0.392 e. The van der Waals surface area contributed by atoms with Crippen molar-refractivity contribution in [1.29, 1.82) is 0 Å². The molecule has 11 heteroatoms. The second-order valence-corrected chi connectivity index (χ2v) is 13.7. The lowest BCUT2D eigenvalue weighted by atomic mass is 9.91. The second kappa shape index (κ2) is 15.8. The van der Waals surface area contributed by atoms with Crippen molar-refractivity contribution >= 4 is 23.6 Å². The van der Waals surface area contributed by atoms with E-state index in [2.05, 4.69) is 24.4 Å². The zero-order valence-corrected chi connectivity index (χ0v) is 28.3. The molecule has 0 radical (unpaired) electrons. The van der Waals surface area contributed by atoms with Gasteiger partial charge in [0.05, 0.1) is 18.8 Å². The second-order valence-electron chi connectivity index (χ2n) is 12.6. The van der Waals surface area contributed by atoms with Crippen LogP contribution in [-0.4, -0.2) is 52.4 Å². The van der Waals surface area contributed by atoms with E-state index in [4.69, 9.17) is 9.47 Å². The number of alkyl halides is 3. The third-order valence-electron chi connectivity index (χ3n) is 9.30. The van der Waals surface area contributed by atoms with E-state index in [0.29, 0.717) is 11.3 Å². The summed E-state index contributed by atoms with van der Waals surface area (Å²) in [6, 6.07) is 32.2. The third kappa shape index (κ3) is 8.24. The Morgan fingerprint density at radius 1 is 0.900 bits per heavy atom. The van der Waals surface area contributed by atoms with Crippen molar-refractivity contribution in [2.45, 2.75) is 68.5 Å². The van der Waals surface area contributed by atoms with Gasteiger partial charge in [0.15, 0.2) is 6.29 Å². The van der Waals surface area contributed by atoms with E-state index in [1.165, 1.54) is 0 Å². The normalized spacial score (nSPS) is 22.3. The number of thioether (sulfide) groups is 1. The lowest BCUT2D eigenvalue weighted by Crippen LogP contribution is -2.50. The Morgan fingerprint density at radius 2 is 1.58 bits per heavy atom. The molecule has 2 aliphatic heterocycles. The molecule has 4 aromatic rings. The summed E-state index contributed by atoms with van der Waals surface area (Å²) in [6.45, 7) is 2.09. The minimum absolute atomic E-state index is 0.0344. The number of halogens is 3. The maximum atomic E-state index is 13.1. The Hall–Kier alpha value is -4.16. The van der Waals surface area contributed by atoms with Gasteiger partial charge < -0.3 is 24.8 Å². The fraction of sp³-hybridized carbons (Fsp3) is 0.333. The summed E-state index contributed by atoms with van der Waals surface area (Å²) in [6.07, 6.45) is -5.50. The molecule has 2 amide bonds. The van der Waals surface area contributed by atoms with Gasteiger partial charge in [0.2, 0.25) is 5.91 Å². The number of amides is 2. The molecule has 2 fully saturated rings. The first kappa shape index (κ1) is 35.7. The highest BCUT2D eigenvalue weighted by Crippen LogP contribution is 2.43. The predicted octanol–water partition coefficient (Wildman–Crippen LogP) is 7.60. The number of hydrogen-bond donors (Lipinski definition) is 2. The van der Waals surface area contributed by atoms with Gasteiger partial charge in [0, 0.05) is 35.2 Å². The molecule has 2 N–H and O–H groups in total. The Balaban J connectivity index is 1.17. The van der Waals surface area contributed by atoms with Crippen molar-refractivity contribution in [2.24, 2.45) is 5.92 Å². The Kier molecular flexibility index (Phi) is 11.3. The Bertz CT molecular complexity index is 1750. The summed E-state index contributed by atoms with van der Waals surface area (Å²) in [4.78, 5) is 26.6. The summed E-state index contributed by atoms with van der Waals surface area (Å²) >= 11 is 1.74. The van der Waals surface area contributed by atoms with Gasteiger partial charge in [0.1, 0.15) is 6.04 Å². The standard InChI is InChI=1S/C39H39F3N2O5S/c1-25-34(24-50-31-9-3-2-4-10-31)48-37(49-35(25)28-15-13-26(23-45)14-16-28)29-19-17-27(18-20-29)32-11-6-5-8-30(32)22-43-36(46)33-12-7-21-44(33)38(47)39(40,41)42/h2-6,8-11,13-20,25,33-35,37,45H,7,12,21-24H2,1H3,(H,43,46)/t25-,33-,34+,35+,37+/m0/s1. The van der Waals surface area contributed by atoms with E-state index in [-0.39, 0.29) is 44.2 Å². The van der Waals surface area contributed by atoms with Gasteiger partial charge in [0.25, 0.3) is 0 Å². The maximum absolute atomic E-state index is 13.1. The monoisotopic (exact) mass is 704 g/mol. The number of nitrogens with zero attached hydrogens (tertiary/aromatic N) is 1. The van der Waals surface area contributed by atoms with Crippen LogP contribution in [-0.2, 0) is 32.2 Å². The van der Waals surface area contributed by atoms with Gasteiger partial charge >= 0.3 is 12.1 Å². The van der Waals surface area contributed by atoms with Gasteiger partial charge in [-0.3, -0.25) is 9.59 Å². The highest BCUT2D eigenvalue weighted by atomic mass is 32.2. The van der Waals surface area contributed by atoms with Crippen LogP contribution in [0, 0.1) is 5.92 Å². The number of carbonyl (C=O) groups is 2. The van der Waals surface area contributed by atoms with E-state index in [1.807, 2.05) is 91.0 Å². The molecule has 2 heterocycles. The first-order valence-electron chi connectivity index (χ1n) is 16.6. The van der Waals surface area contributed by atoms with Crippen LogP contribution in [0.3, 0.4) is 0 Å². The first-order chi connectivity index (χ1) is 24.1. The number of likely N-dealkylation sites (tertiary alicyclic amines) is 1. The summed E-state index contributed by atoms with van der Waals surface area (Å²) < 4.78 is 52.5. The van der Waals surface area contributed by atoms with Crippen LogP contribution >= 0.6 is 11.8 Å². The predicted molar refractivity (Wildman–Crippen MR) is 185 cm³/mol. The molecule has 262 valence electrons. The molecule has 2 aliphatic rings. The van der Waals surface area contributed by atoms with Crippen LogP contribution in [0.2, 0.25) is 0 Å². The molecule has 0 bridgehead atoms. The largest absolute Gasteiger partial charge is 0.471 e. The third-order valence-corrected chi connectivity index (χ3v) is 10.4. The van der Waals surface area contributed by atoms with Crippen LogP contribution in [0.4, 0.5) is 13.2 Å². The first-order valence-corrected chi connectivity index (χ1v) is 17.6. The number of carbonyl (C=O) groups excluding carboxylic acids is 2. The van der Waals surface area contributed by atoms with Gasteiger partial charge in [-0.1, -0.05) is 97.9 Å². The quantitative estimate of drug-likeness (QED) is 0.166. The van der Waals surface area contributed by atoms with E-state index < -0.39 is 30.3 Å². The van der Waals surface area contributed by atoms with Crippen molar-refractivity contribution in [3.05, 3.63) is 125 Å². The van der Waals surface area contributed by atoms with Crippen LogP contribution < -0.4 is 5.32 Å². The number of aliphatic hydroxyl groups excluding tert-OH is 1. The number of nitrogens with one attached hydrogen (secondary N) is 1. The van der Waals surface area contributed by atoms with Crippen molar-refractivity contribution < 1.29 is 37.3 Å². The van der Waals surface area contributed by atoms with Crippen molar-refractivity contribution in [1.82, 2.24) is 10.2 Å². The van der Waals surface area contributed by atoms with Crippen LogP contribution in [0.15, 0.2) is 108 Å². The lowest BCUT2D eigenvalue weighted by Gasteiger charge is -2.41. The van der Waals surface area contributed by atoms with E-state index >= 15 is 0 Å². The fourth-order valence-electron chi connectivity index (χ4n) is 6.53. The highest BCUT2D eigenvalue weighted by molar-refractivity contribution is 7.99. The topological polar surface area (TPSA) is 88.1 Å². The molecule has 50 heavy (non-hydrogen) atoms. The van der Waals surface area contributed by atoms with Gasteiger partial charge in [-0.15, -0.1) is 11.8 Å². The molecule has 0 aliphatic carbocycles. The molecule has 0 aromatic heterocycles. The number of rotatable bonds is 10. The average molecular weight is 705 g/mol. The molecule has 2 saturated heterocycles. The smallest absolute Gasteiger partial charge is 0.392 e. The summed E-state index contributed by atoms with van der Waals surface area (Å²) in [5, 5.41) is 12.3. The van der Waals surface area contributed by atoms with Crippen LogP contribution in [0.5, 0.6) is 0 Å². The Labute approximate surface area is 293 Å². The van der Waals surface area contributed by atoms with Gasteiger partial charge in [-0.05, 0) is 52.8 Å². The molecule has 0 spiro atoms. The van der Waals surface area contributed by atoms with E-state index in [1.54, 1.807) is 11.8 Å². The fourth-order valence-corrected chi connectivity index (χ4v) is 7.61. The van der Waals surface area contributed by atoms with Crippen molar-refractivity contribution in [3.8, 4) is 11.1 Å². The minimum atomic E-state index is -5.03. The summed E-state index contributed by atoms with van der Waals surface area (Å²) in [5.41, 5.74) is 5.19. The highest BCUT2D eigenvalue weighted by Gasteiger charge is 2.47. The molecule has 4 aromatic carbocycles. The molecule has 7 nitrogen and oxygen atoms in total.